The maximum absolute atomic E-state index is 11.8. The van der Waals surface area contributed by atoms with E-state index in [1.807, 2.05) is 34.3 Å². The van der Waals surface area contributed by atoms with Crippen molar-refractivity contribution in [3.05, 3.63) is 50.8 Å². The van der Waals surface area contributed by atoms with E-state index in [0.717, 1.165) is 10.4 Å². The molecule has 0 fully saturated rings. The van der Waals surface area contributed by atoms with Crippen molar-refractivity contribution in [3.63, 3.8) is 0 Å². The fraction of sp³-hybridized carbons (Fsp3) is 0.0769. The molecule has 4 rings (SSSR count). The molecule has 4 aromatic rings. The van der Waals surface area contributed by atoms with E-state index < -0.39 is 5.76 Å². The Bertz CT molecular complexity index is 934. The fourth-order valence-corrected chi connectivity index (χ4v) is 3.14. The standard InChI is InChI=1S/C13H8N4O3S2/c18-13-17(15-12(19-13)9-2-1-4-22-9)6-10-14-11(16-20-10)8-3-5-21-7-8/h1-5,7H,6H2. The molecule has 0 saturated carbocycles. The van der Waals surface area contributed by atoms with Crippen molar-refractivity contribution < 1.29 is 8.94 Å². The maximum Gasteiger partial charge on any atom is 0.437 e. The average molecular weight is 332 g/mol. The molecule has 0 amide bonds. The molecule has 0 aliphatic heterocycles. The monoisotopic (exact) mass is 332 g/mol. The van der Waals surface area contributed by atoms with Crippen LogP contribution in [0.25, 0.3) is 22.2 Å². The molecule has 0 spiro atoms. The van der Waals surface area contributed by atoms with Crippen molar-refractivity contribution in [1.29, 1.82) is 0 Å². The molecule has 22 heavy (non-hydrogen) atoms. The van der Waals surface area contributed by atoms with Crippen LogP contribution < -0.4 is 5.76 Å². The molecule has 7 nitrogen and oxygen atoms in total. The van der Waals surface area contributed by atoms with Gasteiger partial charge in [-0.15, -0.1) is 16.4 Å². The van der Waals surface area contributed by atoms with Crippen LogP contribution in [0.1, 0.15) is 5.89 Å². The first-order valence-electron chi connectivity index (χ1n) is 6.26. The van der Waals surface area contributed by atoms with Gasteiger partial charge in [0.25, 0.3) is 5.89 Å². The van der Waals surface area contributed by atoms with Gasteiger partial charge in [-0.05, 0) is 22.9 Å². The SMILES string of the molecule is O=c1oc(-c2cccs2)nn1Cc1nc(-c2ccsc2)no1. The predicted molar refractivity (Wildman–Crippen MR) is 80.8 cm³/mol. The van der Waals surface area contributed by atoms with Crippen LogP contribution in [-0.4, -0.2) is 19.9 Å². The minimum absolute atomic E-state index is 0.0743. The lowest BCUT2D eigenvalue weighted by atomic mass is 10.3. The largest absolute Gasteiger partial charge is 0.437 e. The highest BCUT2D eigenvalue weighted by atomic mass is 32.1. The highest BCUT2D eigenvalue weighted by molar-refractivity contribution is 7.13. The van der Waals surface area contributed by atoms with Gasteiger partial charge in [0.15, 0.2) is 0 Å². The van der Waals surface area contributed by atoms with Crippen LogP contribution in [0.4, 0.5) is 0 Å². The van der Waals surface area contributed by atoms with Gasteiger partial charge in [-0.2, -0.15) is 21.0 Å². The second kappa shape index (κ2) is 5.35. The molecule has 0 N–H and O–H groups in total. The summed E-state index contributed by atoms with van der Waals surface area (Å²) in [5, 5.41) is 13.8. The summed E-state index contributed by atoms with van der Waals surface area (Å²) >= 11 is 3.00. The topological polar surface area (TPSA) is 87.0 Å². The minimum atomic E-state index is -0.557. The summed E-state index contributed by atoms with van der Waals surface area (Å²) in [5.41, 5.74) is 0.881. The van der Waals surface area contributed by atoms with Crippen molar-refractivity contribution in [2.75, 3.05) is 0 Å². The fourth-order valence-electron chi connectivity index (χ4n) is 1.86. The first-order valence-corrected chi connectivity index (χ1v) is 8.09. The van der Waals surface area contributed by atoms with E-state index in [1.165, 1.54) is 16.0 Å². The lowest BCUT2D eigenvalue weighted by molar-refractivity contribution is 0.360. The van der Waals surface area contributed by atoms with Gasteiger partial charge in [-0.3, -0.25) is 0 Å². The van der Waals surface area contributed by atoms with Crippen LogP contribution in [0.15, 0.2) is 48.1 Å². The molecule has 0 aromatic carbocycles. The molecule has 0 unspecified atom stereocenters. The zero-order chi connectivity index (χ0) is 14.9. The Morgan fingerprint density at radius 1 is 1.27 bits per heavy atom. The Hall–Kier alpha value is -2.52. The summed E-state index contributed by atoms with van der Waals surface area (Å²) in [6, 6.07) is 5.60. The molecule has 0 aliphatic carbocycles. The number of aromatic nitrogens is 4. The van der Waals surface area contributed by atoms with Gasteiger partial charge in [0.2, 0.25) is 11.7 Å². The minimum Gasteiger partial charge on any atom is -0.387 e. The quantitative estimate of drug-likeness (QED) is 0.571. The summed E-state index contributed by atoms with van der Waals surface area (Å²) in [5.74, 6) is 0.525. The van der Waals surface area contributed by atoms with Crippen molar-refractivity contribution in [3.8, 4) is 22.2 Å². The molecule has 0 aliphatic rings. The van der Waals surface area contributed by atoms with Gasteiger partial charge in [0.1, 0.15) is 6.54 Å². The number of hydrogen-bond acceptors (Lipinski definition) is 8. The normalized spacial score (nSPS) is 11.1. The highest BCUT2D eigenvalue weighted by Crippen LogP contribution is 2.21. The lowest BCUT2D eigenvalue weighted by Gasteiger charge is -1.90. The summed E-state index contributed by atoms with van der Waals surface area (Å²) < 4.78 is 11.4. The predicted octanol–water partition coefficient (Wildman–Crippen LogP) is 2.72. The second-order valence-electron chi connectivity index (χ2n) is 4.33. The van der Waals surface area contributed by atoms with Gasteiger partial charge in [0.05, 0.1) is 4.88 Å². The molecular formula is C13H8N4O3S2. The van der Waals surface area contributed by atoms with Gasteiger partial charge >= 0.3 is 5.76 Å². The molecule has 110 valence electrons. The van der Waals surface area contributed by atoms with Crippen LogP contribution in [0.3, 0.4) is 0 Å². The molecule has 0 radical (unpaired) electrons. The summed E-state index contributed by atoms with van der Waals surface area (Å²) in [7, 11) is 0. The third kappa shape index (κ3) is 2.40. The van der Waals surface area contributed by atoms with E-state index >= 15 is 0 Å². The van der Waals surface area contributed by atoms with Gasteiger partial charge in [-0.1, -0.05) is 11.2 Å². The molecule has 4 heterocycles. The molecule has 4 aromatic heterocycles. The van der Waals surface area contributed by atoms with Crippen LogP contribution in [-0.2, 0) is 6.54 Å². The Kier molecular flexibility index (Phi) is 3.20. The maximum atomic E-state index is 11.8. The van der Waals surface area contributed by atoms with Crippen LogP contribution in [0, 0.1) is 0 Å². The van der Waals surface area contributed by atoms with Crippen molar-refractivity contribution >= 4 is 22.7 Å². The number of hydrogen-bond donors (Lipinski definition) is 0. The van der Waals surface area contributed by atoms with E-state index in [0.29, 0.717) is 11.7 Å². The van der Waals surface area contributed by atoms with E-state index in [-0.39, 0.29) is 12.4 Å². The summed E-state index contributed by atoms with van der Waals surface area (Å²) in [6.45, 7) is 0.0743. The van der Waals surface area contributed by atoms with E-state index in [1.54, 1.807) is 11.3 Å². The molecular weight excluding hydrogens is 324 g/mol. The average Bonchev–Trinajstić information content (AvgIpc) is 3.28. The van der Waals surface area contributed by atoms with E-state index in [9.17, 15) is 4.79 Å². The van der Waals surface area contributed by atoms with Gasteiger partial charge in [-0.25, -0.2) is 4.79 Å². The number of thiophene rings is 2. The Morgan fingerprint density at radius 2 is 2.23 bits per heavy atom. The van der Waals surface area contributed by atoms with Crippen molar-refractivity contribution in [1.82, 2.24) is 19.9 Å². The molecule has 9 heteroatoms. The molecule has 0 atom stereocenters. The number of rotatable bonds is 4. The summed E-state index contributed by atoms with van der Waals surface area (Å²) in [6.07, 6.45) is 0. The lowest BCUT2D eigenvalue weighted by Crippen LogP contribution is -2.16. The third-order valence-corrected chi connectivity index (χ3v) is 4.41. The first-order chi connectivity index (χ1) is 10.8. The van der Waals surface area contributed by atoms with Crippen molar-refractivity contribution in [2.45, 2.75) is 6.54 Å². The van der Waals surface area contributed by atoms with Gasteiger partial charge < -0.3 is 8.94 Å². The Labute approximate surface area is 131 Å². The summed E-state index contributed by atoms with van der Waals surface area (Å²) in [4.78, 5) is 16.9. The van der Waals surface area contributed by atoms with Crippen LogP contribution in [0.5, 0.6) is 0 Å². The van der Waals surface area contributed by atoms with Gasteiger partial charge in [0, 0.05) is 10.9 Å². The highest BCUT2D eigenvalue weighted by Gasteiger charge is 2.15. The van der Waals surface area contributed by atoms with E-state index in [2.05, 4.69) is 15.2 Å². The second-order valence-corrected chi connectivity index (χ2v) is 6.06. The zero-order valence-electron chi connectivity index (χ0n) is 11.0. The Balaban J connectivity index is 1.60. The van der Waals surface area contributed by atoms with Crippen molar-refractivity contribution in [2.24, 2.45) is 0 Å². The Morgan fingerprint density at radius 3 is 3.00 bits per heavy atom. The zero-order valence-corrected chi connectivity index (χ0v) is 12.6. The smallest absolute Gasteiger partial charge is 0.387 e. The first kappa shape index (κ1) is 13.2. The van der Waals surface area contributed by atoms with Crippen LogP contribution >= 0.6 is 22.7 Å². The third-order valence-electron chi connectivity index (χ3n) is 2.87. The van der Waals surface area contributed by atoms with Crippen LogP contribution in [0.2, 0.25) is 0 Å². The molecule has 0 saturated heterocycles. The number of nitrogens with zero attached hydrogens (tertiary/aromatic N) is 4. The van der Waals surface area contributed by atoms with E-state index in [4.69, 9.17) is 8.94 Å². The molecule has 0 bridgehead atoms.